The van der Waals surface area contributed by atoms with Gasteiger partial charge in [0, 0.05) is 23.3 Å². The molecule has 0 saturated heterocycles. The monoisotopic (exact) mass is 419 g/mol. The number of fused-ring (bicyclic) bond motifs is 3. The van der Waals surface area contributed by atoms with Crippen LogP contribution >= 0.6 is 0 Å². The molecule has 5 aliphatic rings. The van der Waals surface area contributed by atoms with Crippen LogP contribution in [0.3, 0.4) is 0 Å². The molecule has 5 rings (SSSR count). The molecule has 4 heteroatoms. The molecule has 6 unspecified atom stereocenters. The molecule has 164 valence electrons. The van der Waals surface area contributed by atoms with Crippen molar-refractivity contribution in [1.82, 2.24) is 0 Å². The predicted octanol–water partition coefficient (Wildman–Crippen LogP) is 4.01. The summed E-state index contributed by atoms with van der Waals surface area (Å²) in [5.41, 5.74) is 0.654. The molecule has 6 atom stereocenters. The quantitative estimate of drug-likeness (QED) is 0.393. The topological polar surface area (TPSA) is 74.3 Å². The lowest BCUT2D eigenvalue weighted by atomic mass is 9.64. The van der Waals surface area contributed by atoms with Crippen LogP contribution in [0.25, 0.3) is 0 Å². The number of carbonyl (C=O) groups excluding carboxylic acids is 3. The van der Waals surface area contributed by atoms with E-state index in [0.717, 1.165) is 38.5 Å². The number of hydrogen-bond donors (Lipinski definition) is 0. The van der Waals surface area contributed by atoms with E-state index in [1.54, 1.807) is 30.4 Å². The first-order chi connectivity index (χ1) is 15.1. The Morgan fingerprint density at radius 1 is 0.645 bits per heavy atom. The van der Waals surface area contributed by atoms with Crippen molar-refractivity contribution in [3.05, 3.63) is 47.3 Å². The van der Waals surface area contributed by atoms with Gasteiger partial charge in [0.25, 0.3) is 0 Å². The van der Waals surface area contributed by atoms with Crippen LogP contribution in [-0.4, -0.2) is 17.3 Å². The van der Waals surface area contributed by atoms with Gasteiger partial charge >= 0.3 is 0 Å². The third-order valence-electron chi connectivity index (χ3n) is 8.59. The van der Waals surface area contributed by atoms with Crippen molar-refractivity contribution in [2.75, 3.05) is 0 Å². The number of carbonyl (C=O) groups is 3. The maximum absolute atomic E-state index is 12.9. The van der Waals surface area contributed by atoms with Crippen molar-refractivity contribution < 1.29 is 19.5 Å². The van der Waals surface area contributed by atoms with Crippen molar-refractivity contribution in [3.8, 4) is 0 Å². The summed E-state index contributed by atoms with van der Waals surface area (Å²) >= 11 is 0. The summed E-state index contributed by atoms with van der Waals surface area (Å²) in [7, 11) is 0. The molecule has 0 aliphatic heterocycles. The highest BCUT2D eigenvalue weighted by molar-refractivity contribution is 6.27. The zero-order chi connectivity index (χ0) is 21.5. The molecule has 0 heterocycles. The van der Waals surface area contributed by atoms with E-state index in [0.29, 0.717) is 23.0 Å². The van der Waals surface area contributed by atoms with Crippen LogP contribution in [0.4, 0.5) is 0 Å². The van der Waals surface area contributed by atoms with Gasteiger partial charge in [-0.3, -0.25) is 14.4 Å². The Balaban J connectivity index is 1.26. The van der Waals surface area contributed by atoms with Gasteiger partial charge in [0.2, 0.25) is 0 Å². The smallest absolute Gasteiger partial charge is 0.170 e. The van der Waals surface area contributed by atoms with E-state index in [4.69, 9.17) is 0 Å². The van der Waals surface area contributed by atoms with Crippen molar-refractivity contribution in [2.45, 2.75) is 64.2 Å². The molecule has 5 aliphatic carbocycles. The molecular formula is C27H31O4-. The summed E-state index contributed by atoms with van der Waals surface area (Å²) < 4.78 is 0. The second kappa shape index (κ2) is 8.37. The number of hydrogen-bond acceptors (Lipinski definition) is 4. The first-order valence-corrected chi connectivity index (χ1v) is 12.1. The Labute approximate surface area is 184 Å². The molecule has 0 spiro atoms. The molecule has 0 N–H and O–H groups in total. The summed E-state index contributed by atoms with van der Waals surface area (Å²) in [5, 5.41) is 12.9. The van der Waals surface area contributed by atoms with Crippen LogP contribution in [0.5, 0.6) is 0 Å². The van der Waals surface area contributed by atoms with E-state index in [2.05, 4.69) is 0 Å². The minimum atomic E-state index is -0.118. The fourth-order valence-corrected chi connectivity index (χ4v) is 6.96. The van der Waals surface area contributed by atoms with E-state index in [1.165, 1.54) is 25.7 Å². The van der Waals surface area contributed by atoms with Crippen molar-refractivity contribution in [3.63, 3.8) is 0 Å². The molecule has 4 fully saturated rings. The summed E-state index contributed by atoms with van der Waals surface area (Å²) in [5.74, 6) is 0.789. The Bertz CT molecular complexity index is 892. The van der Waals surface area contributed by atoms with Crippen molar-refractivity contribution in [2.24, 2.45) is 35.5 Å². The van der Waals surface area contributed by atoms with E-state index in [1.807, 2.05) is 0 Å². The fraction of sp³-hybridized carbons (Fsp3) is 0.593. The molecule has 0 aromatic rings. The minimum absolute atomic E-state index is 0.00982. The number of rotatable bonds is 3. The maximum atomic E-state index is 12.9. The van der Waals surface area contributed by atoms with Crippen LogP contribution in [0.2, 0.25) is 0 Å². The summed E-state index contributed by atoms with van der Waals surface area (Å²) in [6.45, 7) is 0. The van der Waals surface area contributed by atoms with Gasteiger partial charge in [-0.1, -0.05) is 62.8 Å². The highest BCUT2D eigenvalue weighted by Crippen LogP contribution is 2.50. The molecule has 31 heavy (non-hydrogen) atoms. The standard InChI is InChI=1S/C27H32O4/c28-24-18-10-6-7-11-19(18)25(29)20(24)12-2-1-3-13-21-26(30)22-14-16-8-4-5-9-17(16)15-23(22)27(21)31/h1-3,12-13,16-19,22-23,30H,4-11,14-15H2/p-1. The van der Waals surface area contributed by atoms with Crippen molar-refractivity contribution in [1.29, 1.82) is 0 Å². The predicted molar refractivity (Wildman–Crippen MR) is 116 cm³/mol. The fourth-order valence-electron chi connectivity index (χ4n) is 6.96. The van der Waals surface area contributed by atoms with E-state index < -0.39 is 0 Å². The summed E-state index contributed by atoms with van der Waals surface area (Å²) in [4.78, 5) is 37.9. The first kappa shape index (κ1) is 20.7. The average molecular weight is 420 g/mol. The van der Waals surface area contributed by atoms with E-state index >= 15 is 0 Å². The normalized spacial score (nSPS) is 38.2. The lowest BCUT2D eigenvalue weighted by Crippen LogP contribution is -2.36. The Morgan fingerprint density at radius 3 is 1.87 bits per heavy atom. The molecule has 4 nitrogen and oxygen atoms in total. The molecule has 0 amide bonds. The molecule has 0 aromatic heterocycles. The Kier molecular flexibility index (Phi) is 5.58. The van der Waals surface area contributed by atoms with Gasteiger partial charge in [-0.05, 0) is 49.5 Å². The Morgan fingerprint density at radius 2 is 1.23 bits per heavy atom. The van der Waals surface area contributed by atoms with Crippen LogP contribution < -0.4 is 5.11 Å². The zero-order valence-electron chi connectivity index (χ0n) is 18.1. The molecular weight excluding hydrogens is 388 g/mol. The Hall–Kier alpha value is -2.23. The van der Waals surface area contributed by atoms with Gasteiger partial charge in [-0.15, -0.1) is 5.76 Å². The second-order valence-corrected chi connectivity index (χ2v) is 10.2. The molecule has 0 aromatic carbocycles. The SMILES string of the molecule is O=C1C(=CC=CC=CC2=C([O-])C3CC4CCCCC4CC3C2=O)C(=O)C2CCCCC12. The third kappa shape index (κ3) is 3.58. The van der Waals surface area contributed by atoms with Crippen LogP contribution in [0.1, 0.15) is 64.2 Å². The van der Waals surface area contributed by atoms with Gasteiger partial charge in [0.15, 0.2) is 17.3 Å². The largest absolute Gasteiger partial charge is 0.875 e. The number of allylic oxidation sites excluding steroid dienone is 8. The highest BCUT2D eigenvalue weighted by atomic mass is 16.3. The zero-order valence-corrected chi connectivity index (χ0v) is 18.1. The summed E-state index contributed by atoms with van der Waals surface area (Å²) in [6.07, 6.45) is 18.7. The highest BCUT2D eigenvalue weighted by Gasteiger charge is 2.46. The van der Waals surface area contributed by atoms with Crippen LogP contribution in [-0.2, 0) is 14.4 Å². The second-order valence-electron chi connectivity index (χ2n) is 10.2. The van der Waals surface area contributed by atoms with E-state index in [-0.39, 0.29) is 46.8 Å². The van der Waals surface area contributed by atoms with E-state index in [9.17, 15) is 19.5 Å². The first-order valence-electron chi connectivity index (χ1n) is 12.1. The van der Waals surface area contributed by atoms with Crippen LogP contribution in [0.15, 0.2) is 47.3 Å². The van der Waals surface area contributed by atoms with Crippen molar-refractivity contribution >= 4 is 17.3 Å². The van der Waals surface area contributed by atoms with Gasteiger partial charge in [-0.2, -0.15) is 0 Å². The van der Waals surface area contributed by atoms with Gasteiger partial charge < -0.3 is 5.11 Å². The third-order valence-corrected chi connectivity index (χ3v) is 8.59. The minimum Gasteiger partial charge on any atom is -0.875 e. The van der Waals surface area contributed by atoms with Gasteiger partial charge in [0.05, 0.1) is 5.57 Å². The van der Waals surface area contributed by atoms with Crippen LogP contribution in [0, 0.1) is 35.5 Å². The number of Topliss-reactive ketones (excluding diaryl/α,β-unsaturated/α-hetero) is 3. The summed E-state index contributed by atoms with van der Waals surface area (Å²) in [6, 6.07) is 0. The molecule has 0 radical (unpaired) electrons. The lowest BCUT2D eigenvalue weighted by molar-refractivity contribution is -0.318. The van der Waals surface area contributed by atoms with Gasteiger partial charge in [-0.25, -0.2) is 0 Å². The lowest BCUT2D eigenvalue weighted by Gasteiger charge is -2.42. The maximum Gasteiger partial charge on any atom is 0.170 e. The molecule has 4 saturated carbocycles. The number of ketones is 3. The average Bonchev–Trinajstić information content (AvgIpc) is 3.17. The van der Waals surface area contributed by atoms with Gasteiger partial charge in [0.1, 0.15) is 0 Å². The molecule has 0 bridgehead atoms.